The smallest absolute Gasteiger partial charge is 0.190 e. The summed E-state index contributed by atoms with van der Waals surface area (Å²) in [7, 11) is 0. The summed E-state index contributed by atoms with van der Waals surface area (Å²) in [6.07, 6.45) is 6.13. The highest BCUT2D eigenvalue weighted by Crippen LogP contribution is 2.32. The molecular formula is C11H16ClN3OS. The molecule has 0 atom stereocenters. The zero-order valence-electron chi connectivity index (χ0n) is 9.74. The fourth-order valence-corrected chi connectivity index (χ4v) is 2.81. The van der Waals surface area contributed by atoms with Crippen molar-refractivity contribution in [2.24, 2.45) is 0 Å². The second kappa shape index (κ2) is 5.42. The number of nitrogens with one attached hydrogen (secondary N) is 1. The molecule has 2 rings (SSSR count). The number of aliphatic hydroxyl groups excluding tert-OH is 1. The molecule has 0 radical (unpaired) electrons. The molecule has 4 nitrogen and oxygen atoms in total. The van der Waals surface area contributed by atoms with E-state index >= 15 is 0 Å². The van der Waals surface area contributed by atoms with E-state index in [-0.39, 0.29) is 12.1 Å². The Kier molecular flexibility index (Phi) is 4.12. The largest absolute Gasteiger partial charge is 0.394 e. The van der Waals surface area contributed by atoms with Gasteiger partial charge in [-0.15, -0.1) is 0 Å². The lowest BCUT2D eigenvalue weighted by atomic mass is 9.99. The Morgan fingerprint density at radius 1 is 1.47 bits per heavy atom. The minimum Gasteiger partial charge on any atom is -0.394 e. The molecule has 1 fully saturated rings. The van der Waals surface area contributed by atoms with Crippen LogP contribution in [-0.2, 0) is 0 Å². The standard InChI is InChI=1S/C11H16ClN3OS/c1-17-10-13-8(12)6-9(14-10)15-11(7-16)4-2-3-5-11/h6,16H,2-5,7H2,1H3,(H,13,14,15). The van der Waals surface area contributed by atoms with Gasteiger partial charge in [-0.25, -0.2) is 9.97 Å². The number of thioether (sulfide) groups is 1. The lowest BCUT2D eigenvalue weighted by Crippen LogP contribution is -2.39. The third-order valence-electron chi connectivity index (χ3n) is 3.11. The third kappa shape index (κ3) is 3.03. The zero-order chi connectivity index (χ0) is 12.3. The number of aromatic nitrogens is 2. The Bertz CT molecular complexity index is 396. The summed E-state index contributed by atoms with van der Waals surface area (Å²) in [5, 5.41) is 13.9. The molecule has 0 aromatic carbocycles. The highest BCUT2D eigenvalue weighted by Gasteiger charge is 2.33. The number of aliphatic hydroxyl groups is 1. The van der Waals surface area contributed by atoms with Crippen LogP contribution in [0.15, 0.2) is 11.2 Å². The monoisotopic (exact) mass is 273 g/mol. The van der Waals surface area contributed by atoms with E-state index in [1.165, 1.54) is 11.8 Å². The summed E-state index contributed by atoms with van der Waals surface area (Å²) in [6.45, 7) is 0.128. The van der Waals surface area contributed by atoms with E-state index in [1.54, 1.807) is 6.07 Å². The number of nitrogens with zero attached hydrogens (tertiary/aromatic N) is 2. The third-order valence-corrected chi connectivity index (χ3v) is 3.85. The van der Waals surface area contributed by atoms with E-state index in [2.05, 4.69) is 15.3 Å². The van der Waals surface area contributed by atoms with Crippen molar-refractivity contribution in [3.63, 3.8) is 0 Å². The van der Waals surface area contributed by atoms with E-state index < -0.39 is 0 Å². The van der Waals surface area contributed by atoms with Gasteiger partial charge in [0.05, 0.1) is 12.1 Å². The summed E-state index contributed by atoms with van der Waals surface area (Å²) in [5.74, 6) is 0.699. The summed E-state index contributed by atoms with van der Waals surface area (Å²) < 4.78 is 0. The minimum absolute atomic E-state index is 0.128. The summed E-state index contributed by atoms with van der Waals surface area (Å²) in [5.41, 5.74) is -0.229. The van der Waals surface area contributed by atoms with E-state index in [0.29, 0.717) is 16.1 Å². The Morgan fingerprint density at radius 2 is 2.18 bits per heavy atom. The fraction of sp³-hybridized carbons (Fsp3) is 0.636. The Balaban J connectivity index is 2.19. The van der Waals surface area contributed by atoms with E-state index in [4.69, 9.17) is 11.6 Å². The number of anilines is 1. The maximum atomic E-state index is 9.53. The first kappa shape index (κ1) is 12.9. The number of hydrogen-bond donors (Lipinski definition) is 2. The van der Waals surface area contributed by atoms with Gasteiger partial charge in [0.15, 0.2) is 5.16 Å². The summed E-state index contributed by atoms with van der Waals surface area (Å²) in [4.78, 5) is 8.44. The average molecular weight is 274 g/mol. The van der Waals surface area contributed by atoms with Crippen LogP contribution in [0.25, 0.3) is 0 Å². The topological polar surface area (TPSA) is 58.0 Å². The van der Waals surface area contributed by atoms with Crippen LogP contribution in [0.2, 0.25) is 5.15 Å². The highest BCUT2D eigenvalue weighted by atomic mass is 35.5. The van der Waals surface area contributed by atoms with E-state index in [1.807, 2.05) is 6.26 Å². The van der Waals surface area contributed by atoms with Crippen LogP contribution < -0.4 is 5.32 Å². The van der Waals surface area contributed by atoms with Crippen LogP contribution in [0.3, 0.4) is 0 Å². The Morgan fingerprint density at radius 3 is 2.76 bits per heavy atom. The normalized spacial score (nSPS) is 18.3. The second-order valence-electron chi connectivity index (χ2n) is 4.33. The van der Waals surface area contributed by atoms with Crippen LogP contribution in [0.1, 0.15) is 25.7 Å². The quantitative estimate of drug-likeness (QED) is 0.502. The number of rotatable bonds is 4. The molecule has 1 heterocycles. The fourth-order valence-electron chi connectivity index (χ4n) is 2.20. The van der Waals surface area contributed by atoms with Gasteiger partial charge in [0.2, 0.25) is 0 Å². The van der Waals surface area contributed by atoms with Crippen LogP contribution in [0.5, 0.6) is 0 Å². The second-order valence-corrected chi connectivity index (χ2v) is 5.49. The lowest BCUT2D eigenvalue weighted by molar-refractivity contribution is 0.213. The van der Waals surface area contributed by atoms with E-state index in [0.717, 1.165) is 25.7 Å². The van der Waals surface area contributed by atoms with Gasteiger partial charge in [0, 0.05) is 6.07 Å². The van der Waals surface area contributed by atoms with Crippen molar-refractivity contribution in [3.8, 4) is 0 Å². The molecule has 1 aliphatic rings. The van der Waals surface area contributed by atoms with Gasteiger partial charge in [-0.05, 0) is 19.1 Å². The molecule has 1 saturated carbocycles. The van der Waals surface area contributed by atoms with Crippen LogP contribution in [0, 0.1) is 0 Å². The van der Waals surface area contributed by atoms with Crippen molar-refractivity contribution in [3.05, 3.63) is 11.2 Å². The van der Waals surface area contributed by atoms with Gasteiger partial charge in [0.1, 0.15) is 11.0 Å². The zero-order valence-corrected chi connectivity index (χ0v) is 11.3. The van der Waals surface area contributed by atoms with Crippen molar-refractivity contribution in [2.45, 2.75) is 36.4 Å². The highest BCUT2D eigenvalue weighted by molar-refractivity contribution is 7.98. The molecule has 0 amide bonds. The van der Waals surface area contributed by atoms with Crippen LogP contribution in [-0.4, -0.2) is 33.5 Å². The van der Waals surface area contributed by atoms with Gasteiger partial charge in [-0.1, -0.05) is 36.2 Å². The van der Waals surface area contributed by atoms with Gasteiger partial charge >= 0.3 is 0 Å². The molecule has 17 heavy (non-hydrogen) atoms. The molecular weight excluding hydrogens is 258 g/mol. The molecule has 0 spiro atoms. The number of hydrogen-bond acceptors (Lipinski definition) is 5. The Labute approximate surface area is 110 Å². The molecule has 94 valence electrons. The first-order valence-electron chi connectivity index (χ1n) is 5.65. The maximum Gasteiger partial charge on any atom is 0.190 e. The first-order valence-corrected chi connectivity index (χ1v) is 7.25. The molecule has 1 aromatic heterocycles. The minimum atomic E-state index is -0.229. The van der Waals surface area contributed by atoms with Gasteiger partial charge < -0.3 is 10.4 Å². The molecule has 0 aliphatic heterocycles. The summed E-state index contributed by atoms with van der Waals surface area (Å²) in [6, 6.07) is 1.71. The van der Waals surface area contributed by atoms with Crippen molar-refractivity contribution >= 4 is 29.2 Å². The Hall–Kier alpha value is -0.520. The maximum absolute atomic E-state index is 9.53. The molecule has 0 unspecified atom stereocenters. The van der Waals surface area contributed by atoms with Crippen molar-refractivity contribution in [1.82, 2.24) is 9.97 Å². The van der Waals surface area contributed by atoms with E-state index in [9.17, 15) is 5.11 Å². The number of halogens is 1. The summed E-state index contributed by atoms with van der Waals surface area (Å²) >= 11 is 7.39. The van der Waals surface area contributed by atoms with Crippen molar-refractivity contribution < 1.29 is 5.11 Å². The van der Waals surface area contributed by atoms with Crippen molar-refractivity contribution in [2.75, 3.05) is 18.2 Å². The predicted octanol–water partition coefficient (Wildman–Crippen LogP) is 2.57. The van der Waals surface area contributed by atoms with Crippen molar-refractivity contribution in [1.29, 1.82) is 0 Å². The van der Waals surface area contributed by atoms with Crippen LogP contribution in [0.4, 0.5) is 5.82 Å². The van der Waals surface area contributed by atoms with Gasteiger partial charge in [0.25, 0.3) is 0 Å². The molecule has 2 N–H and O–H groups in total. The lowest BCUT2D eigenvalue weighted by Gasteiger charge is -2.28. The molecule has 0 saturated heterocycles. The molecule has 0 bridgehead atoms. The average Bonchev–Trinajstić information content (AvgIpc) is 2.77. The molecule has 6 heteroatoms. The van der Waals surface area contributed by atoms with Crippen LogP contribution >= 0.6 is 23.4 Å². The van der Waals surface area contributed by atoms with Gasteiger partial charge in [-0.2, -0.15) is 0 Å². The molecule has 1 aromatic rings. The predicted molar refractivity (Wildman–Crippen MR) is 70.7 cm³/mol. The van der Waals surface area contributed by atoms with Gasteiger partial charge in [-0.3, -0.25) is 0 Å². The SMILES string of the molecule is CSc1nc(Cl)cc(NC2(CO)CCCC2)n1. The molecule has 1 aliphatic carbocycles. The first-order chi connectivity index (χ1) is 8.17.